The van der Waals surface area contributed by atoms with Gasteiger partial charge in [0, 0.05) is 13.1 Å². The van der Waals surface area contributed by atoms with Gasteiger partial charge in [-0.15, -0.1) is 0 Å². The topological polar surface area (TPSA) is 75.3 Å². The molecule has 27 heavy (non-hydrogen) atoms. The van der Waals surface area contributed by atoms with Crippen LogP contribution in [0.4, 0.5) is 13.2 Å². The number of rotatable bonds is 7. The van der Waals surface area contributed by atoms with Crippen molar-refractivity contribution in [3.63, 3.8) is 0 Å². The van der Waals surface area contributed by atoms with Gasteiger partial charge in [-0.2, -0.15) is 13.2 Å². The smallest absolute Gasteiger partial charge is 0.355 e. The number of carbonyl (C=O) groups is 1. The first-order valence-electron chi connectivity index (χ1n) is 8.07. The number of hydrogen-bond acceptors (Lipinski definition) is 3. The molecule has 2 aromatic carbocycles. The Morgan fingerprint density at radius 1 is 1.04 bits per heavy atom. The highest BCUT2D eigenvalue weighted by Crippen LogP contribution is 2.29. The van der Waals surface area contributed by atoms with Crippen molar-refractivity contribution in [3.05, 3.63) is 65.2 Å². The second-order valence-corrected chi connectivity index (χ2v) is 7.70. The molecule has 0 aliphatic rings. The van der Waals surface area contributed by atoms with E-state index in [2.05, 4.69) is 10.0 Å². The Hall–Kier alpha value is -2.39. The summed E-state index contributed by atoms with van der Waals surface area (Å²) in [5.41, 5.74) is 0.331. The van der Waals surface area contributed by atoms with Gasteiger partial charge in [-0.3, -0.25) is 4.79 Å². The fourth-order valence-corrected chi connectivity index (χ4v) is 3.33. The molecule has 2 aromatic rings. The Labute approximate surface area is 155 Å². The minimum absolute atomic E-state index is 0.0168. The normalized spacial score (nSPS) is 12.0. The van der Waals surface area contributed by atoms with Crippen molar-refractivity contribution in [1.82, 2.24) is 10.0 Å². The fraction of sp³-hybridized carbons (Fsp3) is 0.278. The van der Waals surface area contributed by atoms with Gasteiger partial charge in [0.2, 0.25) is 15.9 Å². The summed E-state index contributed by atoms with van der Waals surface area (Å²) < 4.78 is 64.5. The summed E-state index contributed by atoms with van der Waals surface area (Å²) in [7, 11) is -3.68. The summed E-state index contributed by atoms with van der Waals surface area (Å²) in [5, 5.41) is 2.48. The van der Waals surface area contributed by atoms with Gasteiger partial charge in [0.1, 0.15) is 0 Å². The van der Waals surface area contributed by atoms with Crippen LogP contribution in [0.1, 0.15) is 16.7 Å². The van der Waals surface area contributed by atoms with Crippen molar-refractivity contribution in [2.24, 2.45) is 0 Å². The van der Waals surface area contributed by atoms with E-state index in [1.165, 1.54) is 24.3 Å². The van der Waals surface area contributed by atoms with Crippen LogP contribution in [0.25, 0.3) is 0 Å². The maximum atomic E-state index is 12.7. The third kappa shape index (κ3) is 6.37. The van der Waals surface area contributed by atoms with Crippen molar-refractivity contribution in [2.45, 2.75) is 24.4 Å². The highest BCUT2D eigenvalue weighted by Gasteiger charge is 2.30. The Morgan fingerprint density at radius 2 is 1.70 bits per heavy atom. The van der Waals surface area contributed by atoms with E-state index in [-0.39, 0.29) is 30.0 Å². The second kappa shape index (κ2) is 8.53. The van der Waals surface area contributed by atoms with E-state index in [1.807, 2.05) is 6.92 Å². The van der Waals surface area contributed by atoms with Crippen molar-refractivity contribution in [2.75, 3.05) is 13.1 Å². The zero-order chi connectivity index (χ0) is 20.1. The quantitative estimate of drug-likeness (QED) is 0.702. The molecule has 0 radical (unpaired) electrons. The van der Waals surface area contributed by atoms with E-state index in [0.717, 1.165) is 17.7 Å². The van der Waals surface area contributed by atoms with Crippen LogP contribution >= 0.6 is 0 Å². The number of hydrogen-bond donors (Lipinski definition) is 2. The number of sulfonamides is 1. The van der Waals surface area contributed by atoms with E-state index in [1.54, 1.807) is 12.1 Å². The Morgan fingerprint density at radius 3 is 2.33 bits per heavy atom. The standard InChI is InChI=1S/C18H19F3N2O3S/c1-13-5-7-16(8-6-13)27(25,26)23-10-9-22-17(24)12-14-3-2-4-15(11-14)18(19,20)21/h2-8,11,23H,9-10,12H2,1H3,(H,22,24). The van der Waals surface area contributed by atoms with Gasteiger partial charge in [-0.1, -0.05) is 35.9 Å². The third-order valence-corrected chi connectivity index (χ3v) is 5.17. The molecule has 0 saturated heterocycles. The maximum Gasteiger partial charge on any atom is 0.416 e. The summed E-state index contributed by atoms with van der Waals surface area (Å²) in [6.07, 6.45) is -4.70. The van der Waals surface area contributed by atoms with Gasteiger partial charge in [0.25, 0.3) is 0 Å². The number of nitrogens with one attached hydrogen (secondary N) is 2. The molecular weight excluding hydrogens is 381 g/mol. The largest absolute Gasteiger partial charge is 0.416 e. The van der Waals surface area contributed by atoms with E-state index < -0.39 is 27.7 Å². The Bertz CT molecular complexity index is 895. The molecule has 1 amide bonds. The molecular formula is C18H19F3N2O3S. The minimum Gasteiger partial charge on any atom is -0.355 e. The predicted octanol–water partition coefficient (Wildman–Crippen LogP) is 2.65. The van der Waals surface area contributed by atoms with Crippen molar-refractivity contribution in [1.29, 1.82) is 0 Å². The first kappa shape index (κ1) is 20.9. The van der Waals surface area contributed by atoms with Crippen LogP contribution < -0.4 is 10.0 Å². The van der Waals surface area contributed by atoms with Crippen molar-refractivity contribution < 1.29 is 26.4 Å². The number of carbonyl (C=O) groups excluding carboxylic acids is 1. The Balaban J connectivity index is 1.82. The van der Waals surface area contributed by atoms with Gasteiger partial charge in [-0.05, 0) is 30.7 Å². The van der Waals surface area contributed by atoms with Crippen LogP contribution in [0.15, 0.2) is 53.4 Å². The number of amides is 1. The first-order valence-corrected chi connectivity index (χ1v) is 9.55. The van der Waals surface area contributed by atoms with Crippen LogP contribution in [0, 0.1) is 6.92 Å². The van der Waals surface area contributed by atoms with Gasteiger partial charge in [0.15, 0.2) is 0 Å². The molecule has 0 spiro atoms. The van der Waals surface area contributed by atoms with E-state index in [0.29, 0.717) is 0 Å². The SMILES string of the molecule is Cc1ccc(S(=O)(=O)NCCNC(=O)Cc2cccc(C(F)(F)F)c2)cc1. The van der Waals surface area contributed by atoms with Gasteiger partial charge >= 0.3 is 6.18 Å². The third-order valence-electron chi connectivity index (χ3n) is 3.69. The Kier molecular flexibility index (Phi) is 6.61. The lowest BCUT2D eigenvalue weighted by Crippen LogP contribution is -2.35. The lowest BCUT2D eigenvalue weighted by molar-refractivity contribution is -0.137. The molecule has 146 valence electrons. The maximum absolute atomic E-state index is 12.7. The van der Waals surface area contributed by atoms with Crippen molar-refractivity contribution >= 4 is 15.9 Å². The van der Waals surface area contributed by atoms with Crippen LogP contribution in [0.2, 0.25) is 0 Å². The average molecular weight is 400 g/mol. The molecule has 0 aliphatic heterocycles. The highest BCUT2D eigenvalue weighted by atomic mass is 32.2. The molecule has 2 N–H and O–H groups in total. The molecule has 0 heterocycles. The second-order valence-electron chi connectivity index (χ2n) is 5.94. The van der Waals surface area contributed by atoms with E-state index in [9.17, 15) is 26.4 Å². The monoisotopic (exact) mass is 400 g/mol. The lowest BCUT2D eigenvalue weighted by atomic mass is 10.1. The average Bonchev–Trinajstić information content (AvgIpc) is 2.59. The molecule has 0 atom stereocenters. The summed E-state index contributed by atoms with van der Waals surface area (Å²) in [6.45, 7) is 1.82. The summed E-state index contributed by atoms with van der Waals surface area (Å²) >= 11 is 0. The van der Waals surface area contributed by atoms with Crippen LogP contribution in [0.5, 0.6) is 0 Å². The summed E-state index contributed by atoms with van der Waals surface area (Å²) in [6, 6.07) is 10.8. The molecule has 0 saturated carbocycles. The number of benzene rings is 2. The van der Waals surface area contributed by atoms with E-state index in [4.69, 9.17) is 0 Å². The molecule has 5 nitrogen and oxygen atoms in total. The molecule has 0 fully saturated rings. The number of alkyl halides is 3. The summed E-state index contributed by atoms with van der Waals surface area (Å²) in [4.78, 5) is 12.0. The zero-order valence-corrected chi connectivity index (χ0v) is 15.3. The molecule has 9 heteroatoms. The van der Waals surface area contributed by atoms with Crippen LogP contribution in [0.3, 0.4) is 0 Å². The van der Waals surface area contributed by atoms with Crippen LogP contribution in [-0.4, -0.2) is 27.4 Å². The zero-order valence-electron chi connectivity index (χ0n) is 14.5. The van der Waals surface area contributed by atoms with Gasteiger partial charge < -0.3 is 5.32 Å². The van der Waals surface area contributed by atoms with Gasteiger partial charge in [0.05, 0.1) is 16.9 Å². The molecule has 0 aromatic heterocycles. The molecule has 2 rings (SSSR count). The molecule has 0 unspecified atom stereocenters. The summed E-state index contributed by atoms with van der Waals surface area (Å²) in [5.74, 6) is -0.496. The number of halogens is 3. The highest BCUT2D eigenvalue weighted by molar-refractivity contribution is 7.89. The lowest BCUT2D eigenvalue weighted by Gasteiger charge is -2.10. The first-order chi connectivity index (χ1) is 12.6. The van der Waals surface area contributed by atoms with Gasteiger partial charge in [-0.25, -0.2) is 13.1 Å². The van der Waals surface area contributed by atoms with E-state index >= 15 is 0 Å². The molecule has 0 bridgehead atoms. The molecule has 0 aliphatic carbocycles. The number of aryl methyl sites for hydroxylation is 1. The van der Waals surface area contributed by atoms with Crippen molar-refractivity contribution in [3.8, 4) is 0 Å². The minimum atomic E-state index is -4.47. The van der Waals surface area contributed by atoms with Crippen LogP contribution in [-0.2, 0) is 27.4 Å². The fourth-order valence-electron chi connectivity index (χ4n) is 2.29. The predicted molar refractivity (Wildman–Crippen MR) is 94.5 cm³/mol.